The average Bonchev–Trinajstić information content (AvgIpc) is 2.50. The average molecular weight is 281 g/mol. The van der Waals surface area contributed by atoms with Crippen molar-refractivity contribution in [2.24, 2.45) is 5.92 Å². The number of hydrogen-bond acceptors (Lipinski definition) is 2. The molecular formula is C16H31N3O. The topological polar surface area (TPSA) is 44.4 Å². The summed E-state index contributed by atoms with van der Waals surface area (Å²) in [6.45, 7) is 4.00. The highest BCUT2D eigenvalue weighted by Crippen LogP contribution is 2.27. The van der Waals surface area contributed by atoms with E-state index >= 15 is 0 Å². The van der Waals surface area contributed by atoms with E-state index < -0.39 is 0 Å². The Bertz CT molecular complexity index is 296. The van der Waals surface area contributed by atoms with Gasteiger partial charge >= 0.3 is 6.03 Å². The molecule has 2 atom stereocenters. The van der Waals surface area contributed by atoms with E-state index in [0.29, 0.717) is 12.0 Å². The fourth-order valence-electron chi connectivity index (χ4n) is 3.86. The zero-order valence-electron chi connectivity index (χ0n) is 13.2. The van der Waals surface area contributed by atoms with Gasteiger partial charge < -0.3 is 15.5 Å². The summed E-state index contributed by atoms with van der Waals surface area (Å²) < 4.78 is 0. The normalized spacial score (nSPS) is 24.2. The number of carbonyl (C=O) groups is 1. The molecule has 1 aliphatic carbocycles. The van der Waals surface area contributed by atoms with Gasteiger partial charge in [0.15, 0.2) is 0 Å². The number of piperidine rings is 1. The Morgan fingerprint density at radius 3 is 2.25 bits per heavy atom. The number of rotatable bonds is 4. The van der Waals surface area contributed by atoms with E-state index in [1.807, 2.05) is 11.9 Å². The lowest BCUT2D eigenvalue weighted by Gasteiger charge is -2.36. The Morgan fingerprint density at radius 1 is 1.05 bits per heavy atom. The van der Waals surface area contributed by atoms with Crippen LogP contribution in [0.15, 0.2) is 0 Å². The van der Waals surface area contributed by atoms with Gasteiger partial charge in [0.05, 0.1) is 0 Å². The molecule has 0 aromatic rings. The zero-order chi connectivity index (χ0) is 14.4. The summed E-state index contributed by atoms with van der Waals surface area (Å²) in [5.74, 6) is 0.713. The molecule has 1 saturated heterocycles. The van der Waals surface area contributed by atoms with E-state index in [1.165, 1.54) is 38.5 Å². The van der Waals surface area contributed by atoms with Crippen molar-refractivity contribution < 1.29 is 4.79 Å². The van der Waals surface area contributed by atoms with E-state index in [1.54, 1.807) is 0 Å². The van der Waals surface area contributed by atoms with Crippen LogP contribution in [0.1, 0.15) is 58.3 Å². The summed E-state index contributed by atoms with van der Waals surface area (Å²) in [7, 11) is 2.03. The van der Waals surface area contributed by atoms with E-state index in [2.05, 4.69) is 17.6 Å². The molecule has 20 heavy (non-hydrogen) atoms. The molecule has 116 valence electrons. The second-order valence-electron chi connectivity index (χ2n) is 6.50. The van der Waals surface area contributed by atoms with Gasteiger partial charge in [0, 0.05) is 25.2 Å². The van der Waals surface area contributed by atoms with Gasteiger partial charge in [0.1, 0.15) is 0 Å². The van der Waals surface area contributed by atoms with Gasteiger partial charge in [-0.1, -0.05) is 19.3 Å². The number of likely N-dealkylation sites (N-methyl/N-ethyl adjacent to an activating group) is 1. The molecule has 0 aromatic heterocycles. The van der Waals surface area contributed by atoms with Gasteiger partial charge in [-0.25, -0.2) is 4.79 Å². The second kappa shape index (κ2) is 7.87. The molecule has 2 unspecified atom stereocenters. The standard InChI is InChI=1S/C16H31N3O/c1-13(15(17-2)14-9-5-3-6-10-14)18-16(20)19-11-7-4-8-12-19/h13-15,17H,3-12H2,1-2H3,(H,18,20). The maximum absolute atomic E-state index is 12.3. The molecule has 0 spiro atoms. The third-order valence-electron chi connectivity index (χ3n) is 5.02. The maximum atomic E-state index is 12.3. The SMILES string of the molecule is CNC(C1CCCCC1)C(C)NC(=O)N1CCCCC1. The first-order chi connectivity index (χ1) is 9.72. The molecule has 0 bridgehead atoms. The molecule has 0 radical (unpaired) electrons. The monoisotopic (exact) mass is 281 g/mol. The lowest BCUT2D eigenvalue weighted by Crippen LogP contribution is -2.54. The minimum Gasteiger partial charge on any atom is -0.334 e. The van der Waals surface area contributed by atoms with Crippen molar-refractivity contribution in [2.75, 3.05) is 20.1 Å². The lowest BCUT2D eigenvalue weighted by molar-refractivity contribution is 0.173. The van der Waals surface area contributed by atoms with Crippen LogP contribution >= 0.6 is 0 Å². The summed E-state index contributed by atoms with van der Waals surface area (Å²) >= 11 is 0. The number of urea groups is 1. The van der Waals surface area contributed by atoms with Crippen LogP contribution in [-0.2, 0) is 0 Å². The molecule has 1 heterocycles. The van der Waals surface area contributed by atoms with Crippen molar-refractivity contribution in [3.05, 3.63) is 0 Å². The Morgan fingerprint density at radius 2 is 1.65 bits per heavy atom. The van der Waals surface area contributed by atoms with Gasteiger partial charge in [0.25, 0.3) is 0 Å². The van der Waals surface area contributed by atoms with Crippen molar-refractivity contribution in [3.63, 3.8) is 0 Å². The van der Waals surface area contributed by atoms with Crippen molar-refractivity contribution in [1.82, 2.24) is 15.5 Å². The van der Waals surface area contributed by atoms with Crippen molar-refractivity contribution in [1.29, 1.82) is 0 Å². The van der Waals surface area contributed by atoms with Crippen LogP contribution in [0, 0.1) is 5.92 Å². The second-order valence-corrected chi connectivity index (χ2v) is 6.50. The van der Waals surface area contributed by atoms with Crippen molar-refractivity contribution in [2.45, 2.75) is 70.4 Å². The first-order valence-corrected chi connectivity index (χ1v) is 8.45. The van der Waals surface area contributed by atoms with Gasteiger partial charge in [0.2, 0.25) is 0 Å². The summed E-state index contributed by atoms with van der Waals surface area (Å²) in [4.78, 5) is 14.3. The highest BCUT2D eigenvalue weighted by molar-refractivity contribution is 5.74. The Kier molecular flexibility index (Phi) is 6.14. The van der Waals surface area contributed by atoms with E-state index in [9.17, 15) is 4.79 Å². The van der Waals surface area contributed by atoms with Crippen LogP contribution in [0.5, 0.6) is 0 Å². The molecule has 2 fully saturated rings. The van der Waals surface area contributed by atoms with Gasteiger partial charge in [-0.15, -0.1) is 0 Å². The van der Waals surface area contributed by atoms with Gasteiger partial charge in [-0.3, -0.25) is 0 Å². The zero-order valence-corrected chi connectivity index (χ0v) is 13.2. The highest BCUT2D eigenvalue weighted by atomic mass is 16.2. The molecule has 2 N–H and O–H groups in total. The van der Waals surface area contributed by atoms with Crippen molar-refractivity contribution in [3.8, 4) is 0 Å². The molecule has 2 aliphatic rings. The Labute approximate surface area is 123 Å². The van der Waals surface area contributed by atoms with Gasteiger partial charge in [-0.05, 0) is 52.0 Å². The largest absolute Gasteiger partial charge is 0.334 e. The number of carbonyl (C=O) groups excluding carboxylic acids is 1. The van der Waals surface area contributed by atoms with Crippen LogP contribution in [0.25, 0.3) is 0 Å². The van der Waals surface area contributed by atoms with E-state index in [4.69, 9.17) is 0 Å². The van der Waals surface area contributed by atoms with E-state index in [0.717, 1.165) is 25.9 Å². The smallest absolute Gasteiger partial charge is 0.317 e. The molecule has 4 heteroatoms. The van der Waals surface area contributed by atoms with Crippen molar-refractivity contribution >= 4 is 6.03 Å². The lowest BCUT2D eigenvalue weighted by atomic mass is 9.81. The van der Waals surface area contributed by atoms with Gasteiger partial charge in [-0.2, -0.15) is 0 Å². The summed E-state index contributed by atoms with van der Waals surface area (Å²) in [5.41, 5.74) is 0. The Hall–Kier alpha value is -0.770. The predicted octanol–water partition coefficient (Wildman–Crippen LogP) is 2.74. The quantitative estimate of drug-likeness (QED) is 0.832. The fraction of sp³-hybridized carbons (Fsp3) is 0.938. The maximum Gasteiger partial charge on any atom is 0.317 e. The highest BCUT2D eigenvalue weighted by Gasteiger charge is 2.29. The minimum absolute atomic E-state index is 0.133. The van der Waals surface area contributed by atoms with Crippen LogP contribution in [-0.4, -0.2) is 43.2 Å². The minimum atomic E-state index is 0.133. The number of amides is 2. The number of nitrogens with zero attached hydrogens (tertiary/aromatic N) is 1. The molecule has 2 amide bonds. The molecule has 0 aromatic carbocycles. The number of nitrogens with one attached hydrogen (secondary N) is 2. The summed E-state index contributed by atoms with van der Waals surface area (Å²) in [6, 6.07) is 0.745. The van der Waals surface area contributed by atoms with Crippen LogP contribution in [0.2, 0.25) is 0 Å². The summed E-state index contributed by atoms with van der Waals surface area (Å²) in [6.07, 6.45) is 10.2. The molecule has 1 aliphatic heterocycles. The molecular weight excluding hydrogens is 250 g/mol. The third-order valence-corrected chi connectivity index (χ3v) is 5.02. The molecule has 2 rings (SSSR count). The fourth-order valence-corrected chi connectivity index (χ4v) is 3.86. The number of hydrogen-bond donors (Lipinski definition) is 2. The van der Waals surface area contributed by atoms with Crippen LogP contribution < -0.4 is 10.6 Å². The van der Waals surface area contributed by atoms with Crippen LogP contribution in [0.3, 0.4) is 0 Å². The Balaban J connectivity index is 1.84. The number of likely N-dealkylation sites (tertiary alicyclic amines) is 1. The van der Waals surface area contributed by atoms with Crippen LogP contribution in [0.4, 0.5) is 4.79 Å². The summed E-state index contributed by atoms with van der Waals surface area (Å²) in [5, 5.41) is 6.67. The predicted molar refractivity (Wildman–Crippen MR) is 82.8 cm³/mol. The van der Waals surface area contributed by atoms with E-state index in [-0.39, 0.29) is 12.1 Å². The first kappa shape index (κ1) is 15.6. The molecule has 1 saturated carbocycles. The molecule has 4 nitrogen and oxygen atoms in total. The third kappa shape index (κ3) is 4.11. The first-order valence-electron chi connectivity index (χ1n) is 8.45.